The molecule has 108 valence electrons. The number of hydrogen-bond donors (Lipinski definition) is 1. The van der Waals surface area contributed by atoms with Crippen molar-refractivity contribution < 1.29 is 4.52 Å². The molecule has 0 radical (unpaired) electrons. The van der Waals surface area contributed by atoms with Crippen LogP contribution in [0.5, 0.6) is 0 Å². The van der Waals surface area contributed by atoms with Gasteiger partial charge in [-0.2, -0.15) is 9.36 Å². The van der Waals surface area contributed by atoms with Crippen molar-refractivity contribution in [2.24, 2.45) is 0 Å². The highest BCUT2D eigenvalue weighted by Crippen LogP contribution is 2.31. The average molecular weight is 341 g/mol. The third-order valence-electron chi connectivity index (χ3n) is 2.93. The monoisotopic (exact) mass is 340 g/mol. The minimum absolute atomic E-state index is 0.374. The predicted molar refractivity (Wildman–Crippen MR) is 83.8 cm³/mol. The topological polar surface area (TPSA) is 77.8 Å². The van der Waals surface area contributed by atoms with E-state index in [9.17, 15) is 0 Å². The van der Waals surface area contributed by atoms with Crippen LogP contribution in [0.3, 0.4) is 0 Å². The first-order chi connectivity index (χ1) is 10.0. The highest BCUT2D eigenvalue weighted by Gasteiger charge is 2.18. The molecule has 0 amide bonds. The molecular weight excluding hydrogens is 331 g/mol. The molecule has 0 bridgehead atoms. The molecule has 2 heterocycles. The lowest BCUT2D eigenvalue weighted by atomic mass is 10.1. The molecule has 0 saturated heterocycles. The Labute approximate surface area is 134 Å². The summed E-state index contributed by atoms with van der Waals surface area (Å²) in [5.41, 5.74) is 8.22. The SMILES string of the molecule is Cc1nsc(N)c1-c1nc(Cc2ccc(Cl)cc2Cl)no1. The summed E-state index contributed by atoms with van der Waals surface area (Å²) < 4.78 is 9.43. The smallest absolute Gasteiger partial charge is 0.262 e. The van der Waals surface area contributed by atoms with Gasteiger partial charge in [-0.15, -0.1) is 0 Å². The summed E-state index contributed by atoms with van der Waals surface area (Å²) >= 11 is 13.2. The van der Waals surface area contributed by atoms with Crippen LogP contribution in [0.2, 0.25) is 10.0 Å². The van der Waals surface area contributed by atoms with Gasteiger partial charge in [0.1, 0.15) is 5.00 Å². The lowest BCUT2D eigenvalue weighted by Crippen LogP contribution is -1.92. The van der Waals surface area contributed by atoms with Gasteiger partial charge >= 0.3 is 0 Å². The van der Waals surface area contributed by atoms with E-state index in [-0.39, 0.29) is 0 Å². The Balaban J connectivity index is 1.89. The maximum absolute atomic E-state index is 6.14. The molecule has 2 aromatic heterocycles. The van der Waals surface area contributed by atoms with Gasteiger partial charge < -0.3 is 10.3 Å². The van der Waals surface area contributed by atoms with Gasteiger partial charge in [0.05, 0.1) is 11.3 Å². The van der Waals surface area contributed by atoms with Crippen molar-refractivity contribution in [2.45, 2.75) is 13.3 Å². The second kappa shape index (κ2) is 5.63. The first-order valence-corrected chi connectivity index (χ1v) is 7.56. The van der Waals surface area contributed by atoms with Crippen LogP contribution in [0.25, 0.3) is 11.5 Å². The Bertz CT molecular complexity index is 780. The van der Waals surface area contributed by atoms with Gasteiger partial charge in [0, 0.05) is 16.5 Å². The zero-order chi connectivity index (χ0) is 15.0. The third-order valence-corrected chi connectivity index (χ3v) is 4.29. The van der Waals surface area contributed by atoms with E-state index in [2.05, 4.69) is 14.5 Å². The Morgan fingerprint density at radius 3 is 2.81 bits per heavy atom. The van der Waals surface area contributed by atoms with Gasteiger partial charge in [-0.05, 0) is 36.2 Å². The maximum atomic E-state index is 6.14. The highest BCUT2D eigenvalue weighted by atomic mass is 35.5. The molecule has 0 atom stereocenters. The molecule has 5 nitrogen and oxygen atoms in total. The maximum Gasteiger partial charge on any atom is 0.262 e. The number of anilines is 1. The summed E-state index contributed by atoms with van der Waals surface area (Å²) in [7, 11) is 0. The van der Waals surface area contributed by atoms with E-state index < -0.39 is 0 Å². The van der Waals surface area contributed by atoms with Gasteiger partial charge in [0.2, 0.25) is 0 Å². The molecule has 0 spiro atoms. The van der Waals surface area contributed by atoms with Gasteiger partial charge in [0.25, 0.3) is 5.89 Å². The Kier molecular flexibility index (Phi) is 3.84. The number of nitrogens with two attached hydrogens (primary N) is 1. The zero-order valence-electron chi connectivity index (χ0n) is 10.9. The van der Waals surface area contributed by atoms with Crippen LogP contribution in [0.1, 0.15) is 17.1 Å². The molecule has 0 aliphatic carbocycles. The lowest BCUT2D eigenvalue weighted by molar-refractivity contribution is 0.424. The summed E-state index contributed by atoms with van der Waals surface area (Å²) in [5, 5.41) is 5.68. The molecule has 0 fully saturated rings. The predicted octanol–water partition coefficient (Wildman–Crippen LogP) is 3.98. The fraction of sp³-hybridized carbons (Fsp3) is 0.154. The molecule has 1 aromatic carbocycles. The van der Waals surface area contributed by atoms with E-state index in [0.29, 0.717) is 38.7 Å². The second-order valence-electron chi connectivity index (χ2n) is 4.44. The van der Waals surface area contributed by atoms with Crippen LogP contribution >= 0.6 is 34.7 Å². The van der Waals surface area contributed by atoms with E-state index >= 15 is 0 Å². The molecule has 21 heavy (non-hydrogen) atoms. The molecule has 3 aromatic rings. The van der Waals surface area contributed by atoms with E-state index in [0.717, 1.165) is 11.3 Å². The van der Waals surface area contributed by atoms with Crippen LogP contribution in [0, 0.1) is 6.92 Å². The number of aryl methyl sites for hydroxylation is 1. The fourth-order valence-electron chi connectivity index (χ4n) is 1.91. The Hall–Kier alpha value is -1.63. The van der Waals surface area contributed by atoms with Gasteiger partial charge in [-0.1, -0.05) is 34.4 Å². The molecule has 0 saturated carbocycles. The zero-order valence-corrected chi connectivity index (χ0v) is 13.3. The van der Waals surface area contributed by atoms with Crippen molar-refractivity contribution in [1.29, 1.82) is 0 Å². The standard InChI is InChI=1S/C13H10Cl2N4OS/c1-6-11(12(16)21-19-6)13-17-10(18-20-13)4-7-2-3-8(14)5-9(7)15/h2-3,5H,4,16H2,1H3. The second-order valence-corrected chi connectivity index (χ2v) is 6.08. The van der Waals surface area contributed by atoms with E-state index in [1.54, 1.807) is 12.1 Å². The molecule has 0 unspecified atom stereocenters. The van der Waals surface area contributed by atoms with Crippen LogP contribution in [0.15, 0.2) is 22.7 Å². The number of aromatic nitrogens is 3. The minimum Gasteiger partial charge on any atom is -0.389 e. The molecule has 2 N–H and O–H groups in total. The van der Waals surface area contributed by atoms with Crippen molar-refractivity contribution in [3.05, 3.63) is 45.3 Å². The van der Waals surface area contributed by atoms with Crippen molar-refractivity contribution in [3.8, 4) is 11.5 Å². The van der Waals surface area contributed by atoms with E-state index in [4.69, 9.17) is 33.5 Å². The van der Waals surface area contributed by atoms with Crippen LogP contribution in [0.4, 0.5) is 5.00 Å². The first-order valence-electron chi connectivity index (χ1n) is 6.03. The number of nitrogens with zero attached hydrogens (tertiary/aromatic N) is 3. The van der Waals surface area contributed by atoms with Crippen molar-refractivity contribution in [2.75, 3.05) is 5.73 Å². The minimum atomic E-state index is 0.374. The number of benzene rings is 1. The van der Waals surface area contributed by atoms with Crippen LogP contribution < -0.4 is 5.73 Å². The first kappa shape index (κ1) is 14.3. The van der Waals surface area contributed by atoms with Gasteiger partial charge in [-0.25, -0.2) is 0 Å². The molecule has 3 rings (SSSR count). The molecule has 0 aliphatic heterocycles. The highest BCUT2D eigenvalue weighted by molar-refractivity contribution is 7.10. The number of hydrogen-bond acceptors (Lipinski definition) is 6. The van der Waals surface area contributed by atoms with Crippen LogP contribution in [-0.2, 0) is 6.42 Å². The van der Waals surface area contributed by atoms with Crippen molar-refractivity contribution in [1.82, 2.24) is 14.5 Å². The lowest BCUT2D eigenvalue weighted by Gasteiger charge is -2.00. The quantitative estimate of drug-likeness (QED) is 0.780. The summed E-state index contributed by atoms with van der Waals surface area (Å²) in [6.07, 6.45) is 0.454. The van der Waals surface area contributed by atoms with Crippen molar-refractivity contribution in [3.63, 3.8) is 0 Å². The summed E-state index contributed by atoms with van der Waals surface area (Å²) in [5.74, 6) is 0.901. The number of nitrogen functional groups attached to an aromatic ring is 1. The largest absolute Gasteiger partial charge is 0.389 e. The summed E-state index contributed by atoms with van der Waals surface area (Å²) in [6, 6.07) is 5.30. The molecule has 8 heteroatoms. The van der Waals surface area contributed by atoms with Crippen LogP contribution in [-0.4, -0.2) is 14.5 Å². The fourth-order valence-corrected chi connectivity index (χ4v) is 3.04. The average Bonchev–Trinajstić information content (AvgIpc) is 3.00. The molecule has 0 aliphatic rings. The van der Waals surface area contributed by atoms with E-state index in [1.807, 2.05) is 13.0 Å². The number of rotatable bonds is 3. The van der Waals surface area contributed by atoms with E-state index in [1.165, 1.54) is 11.5 Å². The molecular formula is C13H10Cl2N4OS. The Morgan fingerprint density at radius 2 is 2.14 bits per heavy atom. The summed E-state index contributed by atoms with van der Waals surface area (Å²) in [4.78, 5) is 4.35. The van der Waals surface area contributed by atoms with Gasteiger partial charge in [-0.3, -0.25) is 0 Å². The normalized spacial score (nSPS) is 11.0. The number of halogens is 2. The third kappa shape index (κ3) is 2.88. The van der Waals surface area contributed by atoms with Crippen molar-refractivity contribution >= 4 is 39.7 Å². The summed E-state index contributed by atoms with van der Waals surface area (Å²) in [6.45, 7) is 1.85. The van der Waals surface area contributed by atoms with Gasteiger partial charge in [0.15, 0.2) is 5.82 Å². The Morgan fingerprint density at radius 1 is 1.33 bits per heavy atom.